The molecule has 0 saturated heterocycles. The Bertz CT molecular complexity index is 1160. The number of primary sulfonamides is 1. The Balaban J connectivity index is 1.50. The first-order chi connectivity index (χ1) is 14.8. The number of sulfonamides is 1. The molecule has 0 fully saturated rings. The minimum absolute atomic E-state index is 0.00937. The first-order valence-corrected chi connectivity index (χ1v) is 11.8. The summed E-state index contributed by atoms with van der Waals surface area (Å²) in [6.45, 7) is 2.37. The van der Waals surface area contributed by atoms with Gasteiger partial charge in [0.05, 0.1) is 4.90 Å². The maximum Gasteiger partial charge on any atom is 0.262 e. The predicted molar refractivity (Wildman–Crippen MR) is 119 cm³/mol. The van der Waals surface area contributed by atoms with Crippen molar-refractivity contribution in [3.05, 3.63) is 64.2 Å². The van der Waals surface area contributed by atoms with Crippen molar-refractivity contribution in [1.82, 2.24) is 5.32 Å². The fourth-order valence-corrected chi connectivity index (χ4v) is 4.82. The smallest absolute Gasteiger partial charge is 0.262 e. The van der Waals surface area contributed by atoms with Crippen molar-refractivity contribution >= 4 is 27.7 Å². The van der Waals surface area contributed by atoms with E-state index in [0.717, 1.165) is 44.3 Å². The number of carbonyl (C=O) groups is 1. The molecule has 0 saturated carbocycles. The standard InChI is InChI=1S/C23H24N4O3S/c24-14-20(23(28)26-15-16-5-7-21(8-6-16)31(25,29)30)13-17-11-18-3-1-9-27-10-2-4-19(12-17)22(18)27/h5-8,11-13H,1-4,9-10,15H2,(H,26,28)(H2,25,29,30)/b20-13+. The molecule has 0 aromatic heterocycles. The third-order valence-electron chi connectivity index (χ3n) is 5.74. The lowest BCUT2D eigenvalue weighted by atomic mass is 9.89. The Morgan fingerprint density at radius 1 is 1.13 bits per heavy atom. The topological polar surface area (TPSA) is 116 Å². The third-order valence-corrected chi connectivity index (χ3v) is 6.66. The van der Waals surface area contributed by atoms with Crippen molar-refractivity contribution < 1.29 is 13.2 Å². The molecule has 1 amide bonds. The van der Waals surface area contributed by atoms with Crippen LogP contribution in [0.3, 0.4) is 0 Å². The molecule has 8 heteroatoms. The number of rotatable bonds is 5. The second-order valence-corrected chi connectivity index (χ2v) is 9.48. The highest BCUT2D eigenvalue weighted by Gasteiger charge is 2.24. The van der Waals surface area contributed by atoms with Crippen molar-refractivity contribution in [3.63, 3.8) is 0 Å². The molecular formula is C23H24N4O3S. The monoisotopic (exact) mass is 436 g/mol. The molecule has 4 rings (SSSR count). The molecule has 2 heterocycles. The van der Waals surface area contributed by atoms with E-state index in [1.54, 1.807) is 18.2 Å². The van der Waals surface area contributed by atoms with Gasteiger partial charge in [0.1, 0.15) is 11.6 Å². The van der Waals surface area contributed by atoms with E-state index in [2.05, 4.69) is 22.3 Å². The van der Waals surface area contributed by atoms with Gasteiger partial charge < -0.3 is 10.2 Å². The van der Waals surface area contributed by atoms with Crippen LogP contribution in [0.5, 0.6) is 0 Å². The van der Waals surface area contributed by atoms with Gasteiger partial charge in [-0.2, -0.15) is 5.26 Å². The molecular weight excluding hydrogens is 412 g/mol. The van der Waals surface area contributed by atoms with Crippen LogP contribution in [-0.2, 0) is 34.2 Å². The van der Waals surface area contributed by atoms with E-state index < -0.39 is 15.9 Å². The zero-order valence-corrected chi connectivity index (χ0v) is 17.9. The number of nitrogens with two attached hydrogens (primary N) is 1. The molecule has 0 spiro atoms. The van der Waals surface area contributed by atoms with E-state index in [4.69, 9.17) is 5.14 Å². The Morgan fingerprint density at radius 2 is 1.74 bits per heavy atom. The summed E-state index contributed by atoms with van der Waals surface area (Å²) in [5, 5.41) is 17.3. The molecule has 0 atom stereocenters. The fraction of sp³-hybridized carbons (Fsp3) is 0.304. The van der Waals surface area contributed by atoms with Crippen LogP contribution >= 0.6 is 0 Å². The maximum absolute atomic E-state index is 12.6. The van der Waals surface area contributed by atoms with Gasteiger partial charge in [-0.25, -0.2) is 13.6 Å². The summed E-state index contributed by atoms with van der Waals surface area (Å²) < 4.78 is 22.7. The van der Waals surface area contributed by atoms with Gasteiger partial charge in [-0.15, -0.1) is 0 Å². The summed E-state index contributed by atoms with van der Waals surface area (Å²) in [7, 11) is -3.76. The Kier molecular flexibility index (Phi) is 5.81. The van der Waals surface area contributed by atoms with Gasteiger partial charge >= 0.3 is 0 Å². The molecule has 7 nitrogen and oxygen atoms in total. The number of nitrogens with one attached hydrogen (secondary N) is 1. The molecule has 0 aliphatic carbocycles. The van der Waals surface area contributed by atoms with Crippen LogP contribution in [0.4, 0.5) is 5.69 Å². The molecule has 31 heavy (non-hydrogen) atoms. The summed E-state index contributed by atoms with van der Waals surface area (Å²) in [5.41, 5.74) is 5.56. The lowest BCUT2D eigenvalue weighted by molar-refractivity contribution is -0.117. The van der Waals surface area contributed by atoms with E-state index in [9.17, 15) is 18.5 Å². The van der Waals surface area contributed by atoms with Gasteiger partial charge in [-0.05, 0) is 78.3 Å². The first kappa shape index (κ1) is 21.1. The normalized spacial score (nSPS) is 15.7. The van der Waals surface area contributed by atoms with Crippen molar-refractivity contribution in [2.45, 2.75) is 37.1 Å². The Hall–Kier alpha value is -3.15. The van der Waals surface area contributed by atoms with Crippen LogP contribution in [0.25, 0.3) is 6.08 Å². The second kappa shape index (κ2) is 8.53. The number of hydrogen-bond donors (Lipinski definition) is 2. The van der Waals surface area contributed by atoms with E-state index >= 15 is 0 Å². The van der Waals surface area contributed by atoms with Crippen molar-refractivity contribution in [2.24, 2.45) is 5.14 Å². The minimum atomic E-state index is -3.76. The molecule has 2 aliphatic heterocycles. The van der Waals surface area contributed by atoms with Crippen LogP contribution in [0.2, 0.25) is 0 Å². The number of nitriles is 1. The molecule has 2 aliphatic rings. The van der Waals surface area contributed by atoms with Gasteiger partial charge in [0.15, 0.2) is 0 Å². The summed E-state index contributed by atoms with van der Waals surface area (Å²) >= 11 is 0. The van der Waals surface area contributed by atoms with Crippen molar-refractivity contribution in [3.8, 4) is 6.07 Å². The van der Waals surface area contributed by atoms with Crippen LogP contribution in [0.15, 0.2) is 46.9 Å². The number of benzene rings is 2. The third kappa shape index (κ3) is 4.63. The lowest BCUT2D eigenvalue weighted by Gasteiger charge is -2.37. The van der Waals surface area contributed by atoms with Crippen molar-refractivity contribution in [1.29, 1.82) is 5.26 Å². The Labute approximate surface area is 182 Å². The average molecular weight is 437 g/mol. The average Bonchev–Trinajstić information content (AvgIpc) is 2.76. The van der Waals surface area contributed by atoms with Crippen LogP contribution in [0.1, 0.15) is 35.1 Å². The van der Waals surface area contributed by atoms with Crippen LogP contribution in [0, 0.1) is 11.3 Å². The van der Waals surface area contributed by atoms with E-state index in [-0.39, 0.29) is 17.0 Å². The summed E-state index contributed by atoms with van der Waals surface area (Å²) in [6.07, 6.45) is 5.92. The first-order valence-electron chi connectivity index (χ1n) is 10.3. The van der Waals surface area contributed by atoms with Gasteiger partial charge in [-0.3, -0.25) is 4.79 Å². The maximum atomic E-state index is 12.6. The number of carbonyl (C=O) groups excluding carboxylic acids is 1. The molecule has 2 aromatic carbocycles. The molecule has 0 unspecified atom stereocenters. The van der Waals surface area contributed by atoms with E-state index in [0.29, 0.717) is 5.56 Å². The highest BCUT2D eigenvalue weighted by atomic mass is 32.2. The largest absolute Gasteiger partial charge is 0.371 e. The zero-order chi connectivity index (χ0) is 22.0. The van der Waals surface area contributed by atoms with E-state index in [1.807, 2.05) is 6.07 Å². The predicted octanol–water partition coefficient (Wildman–Crippen LogP) is 2.26. The second-order valence-electron chi connectivity index (χ2n) is 7.92. The zero-order valence-electron chi connectivity index (χ0n) is 17.1. The number of aryl methyl sites for hydroxylation is 2. The Morgan fingerprint density at radius 3 is 2.29 bits per heavy atom. The van der Waals surface area contributed by atoms with Gasteiger partial charge in [0.2, 0.25) is 10.0 Å². The van der Waals surface area contributed by atoms with Gasteiger partial charge in [-0.1, -0.05) is 12.1 Å². The number of hydrogen-bond acceptors (Lipinski definition) is 5. The number of nitrogens with zero attached hydrogens (tertiary/aromatic N) is 2. The van der Waals surface area contributed by atoms with E-state index in [1.165, 1.54) is 28.9 Å². The van der Waals surface area contributed by atoms with Gasteiger partial charge in [0.25, 0.3) is 5.91 Å². The molecule has 0 bridgehead atoms. The molecule has 2 aromatic rings. The number of amides is 1. The highest BCUT2D eigenvalue weighted by Crippen LogP contribution is 2.36. The molecule has 160 valence electrons. The lowest BCUT2D eigenvalue weighted by Crippen LogP contribution is -2.34. The van der Waals surface area contributed by atoms with Crippen molar-refractivity contribution in [2.75, 3.05) is 18.0 Å². The molecule has 0 radical (unpaired) electrons. The minimum Gasteiger partial charge on any atom is -0.371 e. The number of anilines is 1. The quantitative estimate of drug-likeness (QED) is 0.551. The highest BCUT2D eigenvalue weighted by molar-refractivity contribution is 7.89. The molecule has 3 N–H and O–H groups in total. The summed E-state index contributed by atoms with van der Waals surface area (Å²) in [4.78, 5) is 15.0. The van der Waals surface area contributed by atoms with Crippen LogP contribution < -0.4 is 15.4 Å². The SMILES string of the molecule is N#C/C(=C\c1cc2c3c(c1)CCCN3CCC2)C(=O)NCc1ccc(S(N)(=O)=O)cc1. The van der Waals surface area contributed by atoms with Gasteiger partial charge in [0, 0.05) is 25.3 Å². The fourth-order valence-electron chi connectivity index (χ4n) is 4.30. The summed E-state index contributed by atoms with van der Waals surface area (Å²) in [5.74, 6) is -0.467. The van der Waals surface area contributed by atoms with Crippen LogP contribution in [-0.4, -0.2) is 27.4 Å². The summed E-state index contributed by atoms with van der Waals surface area (Å²) in [6, 6.07) is 12.1.